The van der Waals surface area contributed by atoms with E-state index in [0.29, 0.717) is 16.8 Å². The number of hydrogen-bond donors (Lipinski definition) is 2. The van der Waals surface area contributed by atoms with Crippen LogP contribution < -0.4 is 10.6 Å². The summed E-state index contributed by atoms with van der Waals surface area (Å²) >= 11 is 0. The molecule has 0 saturated carbocycles. The summed E-state index contributed by atoms with van der Waals surface area (Å²) in [4.78, 5) is 27.0. The van der Waals surface area contributed by atoms with Crippen molar-refractivity contribution in [3.63, 3.8) is 0 Å². The molecule has 0 radical (unpaired) electrons. The highest BCUT2D eigenvalue weighted by molar-refractivity contribution is 6.09. The highest BCUT2D eigenvalue weighted by Gasteiger charge is 2.18. The second-order valence-corrected chi connectivity index (χ2v) is 6.45. The van der Waals surface area contributed by atoms with Gasteiger partial charge in [-0.3, -0.25) is 4.79 Å². The quantitative estimate of drug-likeness (QED) is 0.843. The molecule has 5 heteroatoms. The number of benzene rings is 2. The van der Waals surface area contributed by atoms with Crippen molar-refractivity contribution in [1.82, 2.24) is 10.2 Å². The van der Waals surface area contributed by atoms with Crippen LogP contribution >= 0.6 is 0 Å². The molecular formula is C20H23N3O2. The lowest BCUT2D eigenvalue weighted by Gasteiger charge is -2.29. The van der Waals surface area contributed by atoms with Gasteiger partial charge in [-0.05, 0) is 45.1 Å². The van der Waals surface area contributed by atoms with Gasteiger partial charge in [0.25, 0.3) is 0 Å². The third-order valence-electron chi connectivity index (χ3n) is 4.47. The SMILES string of the molecule is CN1CCC(NC(=O)Nc2cccc(C(=O)c3ccccc3)c2)CC1. The third kappa shape index (κ3) is 4.67. The van der Waals surface area contributed by atoms with E-state index in [1.807, 2.05) is 18.2 Å². The van der Waals surface area contributed by atoms with Crippen LogP contribution in [0.15, 0.2) is 54.6 Å². The van der Waals surface area contributed by atoms with Crippen LogP contribution in [0.2, 0.25) is 0 Å². The molecule has 2 aromatic carbocycles. The molecule has 1 fully saturated rings. The molecule has 0 atom stereocenters. The Labute approximate surface area is 148 Å². The maximum atomic E-state index is 12.5. The fraction of sp³-hybridized carbons (Fsp3) is 0.300. The van der Waals surface area contributed by atoms with Crippen molar-refractivity contribution in [3.8, 4) is 0 Å². The molecule has 1 aliphatic heterocycles. The van der Waals surface area contributed by atoms with Crippen LogP contribution in [0.5, 0.6) is 0 Å². The summed E-state index contributed by atoms with van der Waals surface area (Å²) in [5.41, 5.74) is 1.81. The van der Waals surface area contributed by atoms with Crippen molar-refractivity contribution in [2.24, 2.45) is 0 Å². The second-order valence-electron chi connectivity index (χ2n) is 6.45. The average molecular weight is 337 g/mol. The van der Waals surface area contributed by atoms with Crippen molar-refractivity contribution in [2.45, 2.75) is 18.9 Å². The number of likely N-dealkylation sites (tertiary alicyclic amines) is 1. The van der Waals surface area contributed by atoms with Crippen LogP contribution in [0.25, 0.3) is 0 Å². The van der Waals surface area contributed by atoms with E-state index in [1.165, 1.54) is 0 Å². The maximum absolute atomic E-state index is 12.5. The number of amides is 2. The van der Waals surface area contributed by atoms with Crippen LogP contribution in [0, 0.1) is 0 Å². The number of urea groups is 1. The number of ketones is 1. The molecule has 0 unspecified atom stereocenters. The normalized spacial score (nSPS) is 15.6. The lowest BCUT2D eigenvalue weighted by atomic mass is 10.0. The Morgan fingerprint density at radius 3 is 2.36 bits per heavy atom. The van der Waals surface area contributed by atoms with Crippen molar-refractivity contribution < 1.29 is 9.59 Å². The van der Waals surface area contributed by atoms with Crippen LogP contribution in [-0.2, 0) is 0 Å². The first-order valence-corrected chi connectivity index (χ1v) is 8.58. The topological polar surface area (TPSA) is 61.4 Å². The number of carbonyl (C=O) groups is 2. The van der Waals surface area contributed by atoms with E-state index < -0.39 is 0 Å². The number of carbonyl (C=O) groups excluding carboxylic acids is 2. The van der Waals surface area contributed by atoms with Gasteiger partial charge >= 0.3 is 6.03 Å². The molecule has 0 spiro atoms. The number of nitrogens with one attached hydrogen (secondary N) is 2. The van der Waals surface area contributed by atoms with Gasteiger partial charge in [0.15, 0.2) is 5.78 Å². The Morgan fingerprint density at radius 2 is 1.64 bits per heavy atom. The monoisotopic (exact) mass is 337 g/mol. The minimum absolute atomic E-state index is 0.0556. The molecule has 1 saturated heterocycles. The van der Waals surface area contributed by atoms with E-state index in [9.17, 15) is 9.59 Å². The van der Waals surface area contributed by atoms with Gasteiger partial charge in [-0.25, -0.2) is 4.79 Å². The number of hydrogen-bond acceptors (Lipinski definition) is 3. The molecule has 2 N–H and O–H groups in total. The minimum Gasteiger partial charge on any atom is -0.335 e. The summed E-state index contributed by atoms with van der Waals surface area (Å²) in [5.74, 6) is -0.0556. The predicted octanol–water partition coefficient (Wildman–Crippen LogP) is 3.13. The van der Waals surface area contributed by atoms with Gasteiger partial charge in [0.1, 0.15) is 0 Å². The predicted molar refractivity (Wildman–Crippen MR) is 99.0 cm³/mol. The average Bonchev–Trinajstić information content (AvgIpc) is 2.64. The summed E-state index contributed by atoms with van der Waals surface area (Å²) < 4.78 is 0. The molecule has 0 bridgehead atoms. The highest BCUT2D eigenvalue weighted by atomic mass is 16.2. The van der Waals surface area contributed by atoms with E-state index in [0.717, 1.165) is 25.9 Å². The fourth-order valence-corrected chi connectivity index (χ4v) is 3.00. The molecule has 2 aromatic rings. The standard InChI is InChI=1S/C20H23N3O2/c1-23-12-10-17(11-13-23)21-20(25)22-18-9-5-8-16(14-18)19(24)15-6-3-2-4-7-15/h2-9,14,17H,10-13H2,1H3,(H2,21,22,25). The Bertz CT molecular complexity index is 738. The lowest BCUT2D eigenvalue weighted by molar-refractivity contribution is 0.103. The van der Waals surface area contributed by atoms with Gasteiger partial charge in [0, 0.05) is 22.9 Å². The second kappa shape index (κ2) is 7.94. The smallest absolute Gasteiger partial charge is 0.319 e. The molecular weight excluding hydrogens is 314 g/mol. The van der Waals surface area contributed by atoms with Gasteiger partial charge in [0.2, 0.25) is 0 Å². The van der Waals surface area contributed by atoms with Crippen LogP contribution in [0.3, 0.4) is 0 Å². The van der Waals surface area contributed by atoms with E-state index >= 15 is 0 Å². The third-order valence-corrected chi connectivity index (χ3v) is 4.47. The van der Waals surface area contributed by atoms with Crippen molar-refractivity contribution in [1.29, 1.82) is 0 Å². The zero-order valence-electron chi connectivity index (χ0n) is 14.4. The van der Waals surface area contributed by atoms with Gasteiger partial charge < -0.3 is 15.5 Å². The molecule has 1 heterocycles. The number of piperidine rings is 1. The van der Waals surface area contributed by atoms with Crippen molar-refractivity contribution in [3.05, 3.63) is 65.7 Å². The zero-order chi connectivity index (χ0) is 17.6. The van der Waals surface area contributed by atoms with E-state index in [2.05, 4.69) is 22.6 Å². The Kier molecular flexibility index (Phi) is 5.46. The maximum Gasteiger partial charge on any atom is 0.319 e. The Balaban J connectivity index is 1.61. The summed E-state index contributed by atoms with van der Waals surface area (Å²) in [7, 11) is 2.09. The summed E-state index contributed by atoms with van der Waals surface area (Å²) in [5, 5.41) is 5.84. The zero-order valence-corrected chi connectivity index (χ0v) is 14.4. The summed E-state index contributed by atoms with van der Waals surface area (Å²) in [6, 6.07) is 16.1. The first kappa shape index (κ1) is 17.2. The Hall–Kier alpha value is -2.66. The highest BCUT2D eigenvalue weighted by Crippen LogP contribution is 2.15. The van der Waals surface area contributed by atoms with Crippen LogP contribution in [0.1, 0.15) is 28.8 Å². The van der Waals surface area contributed by atoms with Crippen molar-refractivity contribution >= 4 is 17.5 Å². The molecule has 1 aliphatic rings. The molecule has 130 valence electrons. The summed E-state index contributed by atoms with van der Waals surface area (Å²) in [6.45, 7) is 1.98. The van der Waals surface area contributed by atoms with Crippen molar-refractivity contribution in [2.75, 3.05) is 25.5 Å². The summed E-state index contributed by atoms with van der Waals surface area (Å²) in [6.07, 6.45) is 1.91. The Morgan fingerprint density at radius 1 is 0.960 bits per heavy atom. The minimum atomic E-state index is -0.223. The molecule has 0 aromatic heterocycles. The van der Waals surface area contributed by atoms with E-state index in [4.69, 9.17) is 0 Å². The first-order chi connectivity index (χ1) is 12.1. The number of nitrogens with zero attached hydrogens (tertiary/aromatic N) is 1. The van der Waals surface area contributed by atoms with Gasteiger partial charge in [-0.1, -0.05) is 42.5 Å². The number of rotatable bonds is 4. The van der Waals surface area contributed by atoms with Crippen LogP contribution in [0.4, 0.5) is 10.5 Å². The molecule has 25 heavy (non-hydrogen) atoms. The lowest BCUT2D eigenvalue weighted by Crippen LogP contribution is -2.44. The van der Waals surface area contributed by atoms with Crippen LogP contribution in [-0.4, -0.2) is 42.9 Å². The van der Waals surface area contributed by atoms with E-state index in [1.54, 1.807) is 36.4 Å². The molecule has 0 aliphatic carbocycles. The van der Waals surface area contributed by atoms with E-state index in [-0.39, 0.29) is 17.9 Å². The fourth-order valence-electron chi connectivity index (χ4n) is 3.00. The number of anilines is 1. The molecule has 2 amide bonds. The molecule has 5 nitrogen and oxygen atoms in total. The largest absolute Gasteiger partial charge is 0.335 e. The van der Waals surface area contributed by atoms with Gasteiger partial charge in [-0.2, -0.15) is 0 Å². The van der Waals surface area contributed by atoms with Gasteiger partial charge in [-0.15, -0.1) is 0 Å². The first-order valence-electron chi connectivity index (χ1n) is 8.58. The molecule has 3 rings (SSSR count). The van der Waals surface area contributed by atoms with Gasteiger partial charge in [0.05, 0.1) is 0 Å².